The summed E-state index contributed by atoms with van der Waals surface area (Å²) in [6, 6.07) is 9.77. The third kappa shape index (κ3) is 4.29. The summed E-state index contributed by atoms with van der Waals surface area (Å²) in [6.45, 7) is -0.631. The average molecular weight is 358 g/mol. The van der Waals surface area contributed by atoms with Crippen LogP contribution in [-0.4, -0.2) is 23.5 Å². The number of carbonyl (C=O) groups excluding carboxylic acids is 2. The summed E-state index contributed by atoms with van der Waals surface area (Å²) in [7, 11) is 0. The molecule has 2 aromatic carbocycles. The van der Waals surface area contributed by atoms with Crippen molar-refractivity contribution < 1.29 is 27.5 Å². The highest BCUT2D eigenvalue weighted by atomic mass is 19.1. The molecule has 0 saturated heterocycles. The van der Waals surface area contributed by atoms with E-state index in [-0.39, 0.29) is 11.6 Å². The predicted molar refractivity (Wildman–Crippen MR) is 89.0 cm³/mol. The number of nitrogens with one attached hydrogen (secondary N) is 1. The van der Waals surface area contributed by atoms with Crippen LogP contribution in [0.3, 0.4) is 0 Å². The molecule has 1 heterocycles. The molecule has 0 atom stereocenters. The normalized spacial score (nSPS) is 11.0. The van der Waals surface area contributed by atoms with Gasteiger partial charge in [-0.3, -0.25) is 4.79 Å². The number of hydrogen-bond donors (Lipinski definition) is 1. The first kappa shape index (κ1) is 17.3. The van der Waals surface area contributed by atoms with E-state index in [2.05, 4.69) is 10.3 Å². The molecular formula is C18H12F2N2O4. The lowest BCUT2D eigenvalue weighted by Crippen LogP contribution is -2.20. The van der Waals surface area contributed by atoms with Crippen molar-refractivity contribution >= 4 is 34.7 Å². The molecule has 132 valence electrons. The quantitative estimate of drug-likeness (QED) is 0.559. The van der Waals surface area contributed by atoms with Gasteiger partial charge < -0.3 is 14.5 Å². The molecule has 3 aromatic rings. The molecule has 0 aliphatic rings. The number of aromatic nitrogens is 1. The van der Waals surface area contributed by atoms with Gasteiger partial charge >= 0.3 is 5.97 Å². The molecule has 0 radical (unpaired) electrons. The van der Waals surface area contributed by atoms with Crippen LogP contribution in [0.2, 0.25) is 0 Å². The van der Waals surface area contributed by atoms with E-state index in [0.717, 1.165) is 18.2 Å². The molecule has 0 aliphatic heterocycles. The van der Waals surface area contributed by atoms with Crippen molar-refractivity contribution in [1.82, 2.24) is 4.98 Å². The molecular weight excluding hydrogens is 346 g/mol. The topological polar surface area (TPSA) is 81.4 Å². The number of oxazole rings is 1. The second-order valence-corrected chi connectivity index (χ2v) is 5.13. The van der Waals surface area contributed by atoms with E-state index in [1.165, 1.54) is 6.08 Å². The van der Waals surface area contributed by atoms with Crippen molar-refractivity contribution in [3.05, 3.63) is 66.1 Å². The lowest BCUT2D eigenvalue weighted by molar-refractivity contribution is -0.142. The van der Waals surface area contributed by atoms with E-state index in [0.29, 0.717) is 17.2 Å². The van der Waals surface area contributed by atoms with E-state index in [9.17, 15) is 18.4 Å². The zero-order chi connectivity index (χ0) is 18.5. The van der Waals surface area contributed by atoms with Crippen LogP contribution in [0.25, 0.3) is 17.2 Å². The Morgan fingerprint density at radius 1 is 1.19 bits per heavy atom. The summed E-state index contributed by atoms with van der Waals surface area (Å²) >= 11 is 0. The summed E-state index contributed by atoms with van der Waals surface area (Å²) in [4.78, 5) is 27.4. The van der Waals surface area contributed by atoms with Gasteiger partial charge in [0.25, 0.3) is 5.91 Å². The van der Waals surface area contributed by atoms with Gasteiger partial charge in [0.15, 0.2) is 12.2 Å². The van der Waals surface area contributed by atoms with E-state index >= 15 is 0 Å². The van der Waals surface area contributed by atoms with Crippen LogP contribution in [0.15, 0.2) is 53.0 Å². The molecule has 0 bridgehead atoms. The van der Waals surface area contributed by atoms with E-state index < -0.39 is 30.1 Å². The first-order valence-electron chi connectivity index (χ1n) is 7.46. The van der Waals surface area contributed by atoms with Gasteiger partial charge in [-0.05, 0) is 24.3 Å². The minimum Gasteiger partial charge on any atom is -0.452 e. The highest BCUT2D eigenvalue weighted by Crippen LogP contribution is 2.16. The fourth-order valence-electron chi connectivity index (χ4n) is 2.06. The highest BCUT2D eigenvalue weighted by molar-refractivity contribution is 5.94. The Hall–Kier alpha value is -3.55. The van der Waals surface area contributed by atoms with Crippen molar-refractivity contribution in [3.8, 4) is 0 Å². The number of nitrogens with zero attached hydrogens (tertiary/aromatic N) is 1. The number of carbonyl (C=O) groups is 2. The number of hydrogen-bond acceptors (Lipinski definition) is 5. The minimum absolute atomic E-state index is 0.209. The van der Waals surface area contributed by atoms with Crippen LogP contribution < -0.4 is 5.32 Å². The molecule has 26 heavy (non-hydrogen) atoms. The second kappa shape index (κ2) is 7.56. The maximum absolute atomic E-state index is 13.4. The molecule has 8 heteroatoms. The first-order valence-corrected chi connectivity index (χ1v) is 7.46. The number of halogens is 2. The first-order chi connectivity index (χ1) is 12.5. The Kier molecular flexibility index (Phi) is 5.02. The molecule has 3 rings (SSSR count). The standard InChI is InChI=1S/C18H12F2N2O4/c19-11-5-6-13(12(20)9-11)21-16(23)10-25-18(24)8-7-17-22-14-3-1-2-4-15(14)26-17/h1-9H,10H2,(H,21,23)/b8-7+. The summed E-state index contributed by atoms with van der Waals surface area (Å²) < 4.78 is 36.3. The van der Waals surface area contributed by atoms with Crippen molar-refractivity contribution in [2.75, 3.05) is 11.9 Å². The predicted octanol–water partition coefficient (Wildman–Crippen LogP) is 3.30. The number of amides is 1. The van der Waals surface area contributed by atoms with Crippen LogP contribution in [-0.2, 0) is 14.3 Å². The molecule has 0 spiro atoms. The van der Waals surface area contributed by atoms with Crippen LogP contribution >= 0.6 is 0 Å². The highest BCUT2D eigenvalue weighted by Gasteiger charge is 2.10. The van der Waals surface area contributed by atoms with Crippen molar-refractivity contribution in [2.45, 2.75) is 0 Å². The average Bonchev–Trinajstić information content (AvgIpc) is 3.03. The summed E-state index contributed by atoms with van der Waals surface area (Å²) in [5.74, 6) is -3.06. The Labute approximate surface area is 146 Å². The number of anilines is 1. The molecule has 6 nitrogen and oxygen atoms in total. The zero-order valence-corrected chi connectivity index (χ0v) is 13.2. The lowest BCUT2D eigenvalue weighted by atomic mass is 10.3. The molecule has 1 amide bonds. The van der Waals surface area contributed by atoms with Crippen molar-refractivity contribution in [2.24, 2.45) is 0 Å². The van der Waals surface area contributed by atoms with Gasteiger partial charge in [-0.2, -0.15) is 0 Å². The summed E-state index contributed by atoms with van der Waals surface area (Å²) in [5, 5.41) is 2.17. The number of fused-ring (bicyclic) bond motifs is 1. The van der Waals surface area contributed by atoms with Crippen LogP contribution in [0, 0.1) is 11.6 Å². The Balaban J connectivity index is 1.52. The van der Waals surface area contributed by atoms with E-state index in [1.54, 1.807) is 24.3 Å². The molecule has 1 N–H and O–H groups in total. The van der Waals surface area contributed by atoms with Crippen LogP contribution in [0.1, 0.15) is 5.89 Å². The van der Waals surface area contributed by atoms with Gasteiger partial charge in [-0.25, -0.2) is 18.6 Å². The third-order valence-electron chi connectivity index (χ3n) is 3.22. The smallest absolute Gasteiger partial charge is 0.331 e. The Bertz CT molecular complexity index is 965. The Morgan fingerprint density at radius 3 is 2.77 bits per heavy atom. The van der Waals surface area contributed by atoms with E-state index in [4.69, 9.17) is 9.15 Å². The van der Waals surface area contributed by atoms with Crippen LogP contribution in [0.4, 0.5) is 14.5 Å². The summed E-state index contributed by atoms with van der Waals surface area (Å²) in [5.41, 5.74) is 0.997. The molecule has 0 unspecified atom stereocenters. The van der Waals surface area contributed by atoms with Crippen molar-refractivity contribution in [1.29, 1.82) is 0 Å². The number of esters is 1. The lowest BCUT2D eigenvalue weighted by Gasteiger charge is -2.06. The molecule has 1 aromatic heterocycles. The minimum atomic E-state index is -0.930. The molecule has 0 fully saturated rings. The maximum Gasteiger partial charge on any atom is 0.331 e. The number of benzene rings is 2. The fraction of sp³-hybridized carbons (Fsp3) is 0.0556. The largest absolute Gasteiger partial charge is 0.452 e. The van der Waals surface area contributed by atoms with Crippen molar-refractivity contribution in [3.63, 3.8) is 0 Å². The monoisotopic (exact) mass is 358 g/mol. The van der Waals surface area contributed by atoms with Gasteiger partial charge in [0.2, 0.25) is 5.89 Å². The number of ether oxygens (including phenoxy) is 1. The molecule has 0 aliphatic carbocycles. The third-order valence-corrected chi connectivity index (χ3v) is 3.22. The zero-order valence-electron chi connectivity index (χ0n) is 13.2. The van der Waals surface area contributed by atoms with E-state index in [1.807, 2.05) is 0 Å². The van der Waals surface area contributed by atoms with Gasteiger partial charge in [0, 0.05) is 18.2 Å². The molecule has 0 saturated carbocycles. The SMILES string of the molecule is O=C(COC(=O)/C=C/c1nc2ccccc2o1)Nc1ccc(F)cc1F. The summed E-state index contributed by atoms with van der Waals surface area (Å²) in [6.07, 6.45) is 2.36. The van der Waals surface area contributed by atoms with Crippen LogP contribution in [0.5, 0.6) is 0 Å². The maximum atomic E-state index is 13.4. The van der Waals surface area contributed by atoms with Gasteiger partial charge in [0.05, 0.1) is 5.69 Å². The fourth-order valence-corrected chi connectivity index (χ4v) is 2.06. The van der Waals surface area contributed by atoms with Gasteiger partial charge in [0.1, 0.15) is 17.2 Å². The number of rotatable bonds is 5. The van der Waals surface area contributed by atoms with Gasteiger partial charge in [-0.15, -0.1) is 0 Å². The second-order valence-electron chi connectivity index (χ2n) is 5.13. The number of para-hydroxylation sites is 2. The Morgan fingerprint density at radius 2 is 2.00 bits per heavy atom. The van der Waals surface area contributed by atoms with Gasteiger partial charge in [-0.1, -0.05) is 12.1 Å².